The fourth-order valence-corrected chi connectivity index (χ4v) is 4.56. The van der Waals surface area contributed by atoms with E-state index >= 15 is 0 Å². The number of Topliss-reactive ketones (excluding diaryl/α,β-unsaturated/α-hetero) is 1. The third-order valence-electron chi connectivity index (χ3n) is 5.24. The second kappa shape index (κ2) is 8.51. The molecule has 9 heteroatoms. The van der Waals surface area contributed by atoms with E-state index in [0.717, 1.165) is 11.3 Å². The molecule has 1 aromatic heterocycles. The fourth-order valence-electron chi connectivity index (χ4n) is 3.71. The summed E-state index contributed by atoms with van der Waals surface area (Å²) in [6, 6.07) is 12.8. The third kappa shape index (κ3) is 3.87. The van der Waals surface area contributed by atoms with Gasteiger partial charge in [0.15, 0.2) is 34.4 Å². The minimum atomic E-state index is -0.413. The molecule has 0 unspecified atom stereocenters. The number of aromatic nitrogens is 3. The average molecular weight is 449 g/mol. The molecule has 0 aliphatic carbocycles. The molecule has 0 saturated carbocycles. The van der Waals surface area contributed by atoms with Crippen LogP contribution in [-0.2, 0) is 17.8 Å². The molecule has 3 aromatic rings. The number of nitrogens with zero attached hydrogens (tertiary/aromatic N) is 3. The van der Waals surface area contributed by atoms with Crippen LogP contribution >= 0.6 is 11.8 Å². The molecule has 8 nitrogen and oxygen atoms in total. The molecule has 32 heavy (non-hydrogen) atoms. The van der Waals surface area contributed by atoms with Crippen molar-refractivity contribution < 1.29 is 19.1 Å². The highest BCUT2D eigenvalue weighted by atomic mass is 32.2. The highest BCUT2D eigenvalue weighted by molar-refractivity contribution is 7.99. The molecule has 1 atom stereocenters. The number of carbonyl (C=O) groups excluding carboxylic acids is 2. The van der Waals surface area contributed by atoms with Crippen LogP contribution in [0.2, 0.25) is 0 Å². The van der Waals surface area contributed by atoms with Crippen molar-refractivity contribution in [3.8, 4) is 11.5 Å². The van der Waals surface area contributed by atoms with Crippen LogP contribution in [0.1, 0.15) is 27.8 Å². The smallest absolute Gasteiger partial charge is 0.228 e. The number of ether oxygens (including phenoxy) is 2. The topological polar surface area (TPSA) is 95.3 Å². The number of carbonyl (C=O) groups is 2. The lowest BCUT2D eigenvalue weighted by Crippen LogP contribution is -2.25. The Labute approximate surface area is 188 Å². The van der Waals surface area contributed by atoms with Crippen LogP contribution in [-0.4, -0.2) is 38.8 Å². The molecule has 2 aliphatic rings. The maximum atomic E-state index is 12.8. The highest BCUT2D eigenvalue weighted by Gasteiger charge is 2.28. The van der Waals surface area contributed by atoms with Crippen LogP contribution in [0.5, 0.6) is 11.5 Å². The first-order valence-electron chi connectivity index (χ1n) is 10.1. The number of hydrogen-bond donors (Lipinski definition) is 1. The number of amides is 1. The van der Waals surface area contributed by atoms with Crippen molar-refractivity contribution in [2.24, 2.45) is 0 Å². The molecule has 0 bridgehead atoms. The van der Waals surface area contributed by atoms with E-state index in [0.29, 0.717) is 47.6 Å². The van der Waals surface area contributed by atoms with Crippen molar-refractivity contribution in [1.29, 1.82) is 0 Å². The standard InChI is InChI=1S/C23H20N4O4S/c1-2-9-27-22(20-12-30-18-5-3-4-6-19(18)31-20)25-26-23(27)32-13-17(28)14-7-8-16-15(10-14)11-21(29)24-16/h2-8,10,20H,1,9,11-13H2,(H,24,29)/t20-/m0/s1. The van der Waals surface area contributed by atoms with Gasteiger partial charge in [-0.25, -0.2) is 0 Å². The van der Waals surface area contributed by atoms with Gasteiger partial charge in [0.25, 0.3) is 0 Å². The number of nitrogens with one attached hydrogen (secondary N) is 1. The van der Waals surface area contributed by atoms with Crippen molar-refractivity contribution in [1.82, 2.24) is 14.8 Å². The minimum absolute atomic E-state index is 0.0435. The summed E-state index contributed by atoms with van der Waals surface area (Å²) >= 11 is 1.31. The molecule has 0 fully saturated rings. The van der Waals surface area contributed by atoms with E-state index in [1.807, 2.05) is 28.8 Å². The maximum Gasteiger partial charge on any atom is 0.228 e. The van der Waals surface area contributed by atoms with Gasteiger partial charge in [0.1, 0.15) is 6.61 Å². The maximum absolute atomic E-state index is 12.8. The van der Waals surface area contributed by atoms with Crippen molar-refractivity contribution in [2.75, 3.05) is 17.7 Å². The van der Waals surface area contributed by atoms with Gasteiger partial charge < -0.3 is 14.8 Å². The van der Waals surface area contributed by atoms with Crippen molar-refractivity contribution in [3.63, 3.8) is 0 Å². The van der Waals surface area contributed by atoms with Gasteiger partial charge in [0, 0.05) is 17.8 Å². The van der Waals surface area contributed by atoms with Crippen LogP contribution < -0.4 is 14.8 Å². The Balaban J connectivity index is 1.31. The molecular weight excluding hydrogens is 428 g/mol. The summed E-state index contributed by atoms with van der Waals surface area (Å²) < 4.78 is 13.8. The lowest BCUT2D eigenvalue weighted by molar-refractivity contribution is -0.115. The molecule has 2 aliphatic heterocycles. The van der Waals surface area contributed by atoms with Crippen molar-refractivity contribution in [3.05, 3.63) is 72.1 Å². The van der Waals surface area contributed by atoms with E-state index < -0.39 is 6.10 Å². The predicted octanol–water partition coefficient (Wildman–Crippen LogP) is 3.45. The van der Waals surface area contributed by atoms with Crippen LogP contribution in [0.25, 0.3) is 0 Å². The average Bonchev–Trinajstić information content (AvgIpc) is 3.39. The third-order valence-corrected chi connectivity index (χ3v) is 6.21. The first-order chi connectivity index (χ1) is 15.6. The molecule has 162 valence electrons. The van der Waals surface area contributed by atoms with Gasteiger partial charge >= 0.3 is 0 Å². The first-order valence-corrected chi connectivity index (χ1v) is 11.1. The molecular formula is C23H20N4O4S. The number of fused-ring (bicyclic) bond motifs is 2. The molecule has 5 rings (SSSR count). The minimum Gasteiger partial charge on any atom is -0.485 e. The Kier molecular flexibility index (Phi) is 5.40. The summed E-state index contributed by atoms with van der Waals surface area (Å²) in [6.07, 6.45) is 1.64. The second-order valence-corrected chi connectivity index (χ2v) is 8.36. The van der Waals surface area contributed by atoms with Gasteiger partial charge in [0.2, 0.25) is 5.91 Å². The number of hydrogen-bond acceptors (Lipinski definition) is 7. The fraction of sp³-hybridized carbons (Fsp3) is 0.217. The van der Waals surface area contributed by atoms with Crippen molar-refractivity contribution >= 4 is 29.1 Å². The van der Waals surface area contributed by atoms with Crippen LogP contribution in [0.15, 0.2) is 60.3 Å². The highest BCUT2D eigenvalue weighted by Crippen LogP contribution is 2.36. The van der Waals surface area contributed by atoms with E-state index in [1.54, 1.807) is 24.3 Å². The Bertz CT molecular complexity index is 1220. The SMILES string of the molecule is C=CCn1c(SCC(=O)c2ccc3c(c2)CC(=O)N3)nnc1[C@@H]1COc2ccccc2O1. The number of anilines is 1. The molecule has 2 aromatic carbocycles. The number of thioether (sulfide) groups is 1. The Hall–Kier alpha value is -3.59. The summed E-state index contributed by atoms with van der Waals surface area (Å²) in [4.78, 5) is 24.3. The quantitative estimate of drug-likeness (QED) is 0.336. The summed E-state index contributed by atoms with van der Waals surface area (Å²) in [5.74, 6) is 2.08. The number of para-hydroxylation sites is 2. The number of ketones is 1. The van der Waals surface area contributed by atoms with Gasteiger partial charge in [0.05, 0.1) is 12.2 Å². The predicted molar refractivity (Wildman–Crippen MR) is 119 cm³/mol. The summed E-state index contributed by atoms with van der Waals surface area (Å²) in [6.45, 7) is 4.62. The molecule has 1 amide bonds. The molecule has 1 N–H and O–H groups in total. The van der Waals surface area contributed by atoms with Gasteiger partial charge in [-0.2, -0.15) is 0 Å². The van der Waals surface area contributed by atoms with E-state index in [2.05, 4.69) is 22.1 Å². The summed E-state index contributed by atoms with van der Waals surface area (Å²) in [5, 5.41) is 12.0. The normalized spacial score (nSPS) is 16.4. The van der Waals surface area contributed by atoms with Gasteiger partial charge in [-0.1, -0.05) is 30.0 Å². The van der Waals surface area contributed by atoms with Crippen LogP contribution in [0, 0.1) is 0 Å². The van der Waals surface area contributed by atoms with Crippen molar-refractivity contribution in [2.45, 2.75) is 24.2 Å². The van der Waals surface area contributed by atoms with Crippen LogP contribution in [0.3, 0.4) is 0 Å². The van der Waals surface area contributed by atoms with Gasteiger partial charge in [-0.15, -0.1) is 16.8 Å². The van der Waals surface area contributed by atoms with E-state index in [9.17, 15) is 9.59 Å². The Morgan fingerprint density at radius 2 is 2.09 bits per heavy atom. The molecule has 0 saturated heterocycles. The van der Waals surface area contributed by atoms with E-state index in [-0.39, 0.29) is 17.4 Å². The molecule has 0 spiro atoms. The van der Waals surface area contributed by atoms with Crippen LogP contribution in [0.4, 0.5) is 5.69 Å². The van der Waals surface area contributed by atoms with E-state index in [1.165, 1.54) is 11.8 Å². The largest absolute Gasteiger partial charge is 0.485 e. The monoisotopic (exact) mass is 448 g/mol. The van der Waals surface area contributed by atoms with E-state index in [4.69, 9.17) is 9.47 Å². The zero-order chi connectivity index (χ0) is 22.1. The Morgan fingerprint density at radius 1 is 1.25 bits per heavy atom. The zero-order valence-corrected chi connectivity index (χ0v) is 17.9. The van der Waals surface area contributed by atoms with Gasteiger partial charge in [-0.05, 0) is 35.9 Å². The summed E-state index contributed by atoms with van der Waals surface area (Å²) in [7, 11) is 0. The second-order valence-electron chi connectivity index (χ2n) is 7.41. The lowest BCUT2D eigenvalue weighted by atomic mass is 10.1. The number of rotatable bonds is 7. The molecule has 0 radical (unpaired) electrons. The first kappa shape index (κ1) is 20.3. The summed E-state index contributed by atoms with van der Waals surface area (Å²) in [5.41, 5.74) is 2.19. The number of benzene rings is 2. The Morgan fingerprint density at radius 3 is 2.94 bits per heavy atom. The molecule has 3 heterocycles. The lowest BCUT2D eigenvalue weighted by Gasteiger charge is -2.26. The number of allylic oxidation sites excluding steroid dienone is 1. The van der Waals surface area contributed by atoms with Gasteiger partial charge in [-0.3, -0.25) is 14.2 Å². The zero-order valence-electron chi connectivity index (χ0n) is 17.1.